The van der Waals surface area contributed by atoms with Gasteiger partial charge in [-0.1, -0.05) is 0 Å². The van der Waals surface area contributed by atoms with Crippen molar-refractivity contribution in [2.24, 2.45) is 5.84 Å². The molecule has 1 aromatic carbocycles. The lowest BCUT2D eigenvalue weighted by molar-refractivity contribution is 0.185. The highest BCUT2D eigenvalue weighted by Crippen LogP contribution is 2.24. The van der Waals surface area contributed by atoms with Crippen molar-refractivity contribution in [3.63, 3.8) is 0 Å². The molecule has 0 fully saturated rings. The van der Waals surface area contributed by atoms with Crippen LogP contribution in [0, 0.1) is 0 Å². The average Bonchev–Trinajstić information content (AvgIpc) is 2.37. The number of fused-ring (bicyclic) bond motifs is 1. The van der Waals surface area contributed by atoms with Gasteiger partial charge in [0.2, 0.25) is 0 Å². The van der Waals surface area contributed by atoms with Gasteiger partial charge in [0.25, 0.3) is 0 Å². The Morgan fingerprint density at radius 1 is 1.29 bits per heavy atom. The molecule has 0 aliphatic rings. The maximum atomic E-state index is 5.44. The molecule has 5 nitrogen and oxygen atoms in total. The molecule has 0 radical (unpaired) electrons. The Morgan fingerprint density at radius 2 is 2.12 bits per heavy atom. The van der Waals surface area contributed by atoms with E-state index in [0.29, 0.717) is 12.4 Å². The fourth-order valence-corrected chi connectivity index (χ4v) is 1.71. The van der Waals surface area contributed by atoms with E-state index < -0.39 is 0 Å². The zero-order valence-electron chi connectivity index (χ0n) is 9.86. The van der Waals surface area contributed by atoms with Crippen LogP contribution in [-0.4, -0.2) is 19.2 Å². The minimum atomic E-state index is 0.467. The van der Waals surface area contributed by atoms with Gasteiger partial charge in [-0.25, -0.2) is 10.8 Å². The molecule has 17 heavy (non-hydrogen) atoms. The number of rotatable bonds is 4. The molecule has 0 atom stereocenters. The molecule has 2 rings (SSSR count). The van der Waals surface area contributed by atoms with E-state index >= 15 is 0 Å². The summed E-state index contributed by atoms with van der Waals surface area (Å²) in [4.78, 5) is 4.42. The summed E-state index contributed by atoms with van der Waals surface area (Å²) in [6.45, 7) is 0.467. The molecule has 0 aliphatic carbocycles. The van der Waals surface area contributed by atoms with E-state index in [1.807, 2.05) is 24.3 Å². The van der Waals surface area contributed by atoms with Crippen LogP contribution in [0.3, 0.4) is 0 Å². The van der Waals surface area contributed by atoms with Gasteiger partial charge in [0, 0.05) is 24.1 Å². The first kappa shape index (κ1) is 11.6. The van der Waals surface area contributed by atoms with Crippen LogP contribution in [-0.2, 0) is 11.3 Å². The Balaban J connectivity index is 2.56. The van der Waals surface area contributed by atoms with Crippen LogP contribution >= 0.6 is 0 Å². The van der Waals surface area contributed by atoms with Crippen molar-refractivity contribution in [1.29, 1.82) is 0 Å². The third-order valence-corrected chi connectivity index (χ3v) is 2.54. The summed E-state index contributed by atoms with van der Waals surface area (Å²) in [7, 11) is 3.26. The van der Waals surface area contributed by atoms with Gasteiger partial charge < -0.3 is 14.9 Å². The lowest BCUT2D eigenvalue weighted by atomic mass is 10.1. The summed E-state index contributed by atoms with van der Waals surface area (Å²) < 4.78 is 10.3. The van der Waals surface area contributed by atoms with Gasteiger partial charge in [-0.15, -0.1) is 0 Å². The second-order valence-corrected chi connectivity index (χ2v) is 3.63. The van der Waals surface area contributed by atoms with Crippen molar-refractivity contribution < 1.29 is 9.47 Å². The second kappa shape index (κ2) is 4.99. The highest BCUT2D eigenvalue weighted by molar-refractivity contribution is 5.83. The van der Waals surface area contributed by atoms with Crippen LogP contribution in [0.5, 0.6) is 5.75 Å². The summed E-state index contributed by atoms with van der Waals surface area (Å²) >= 11 is 0. The molecule has 0 spiro atoms. The molecule has 0 saturated heterocycles. The molecule has 1 aromatic heterocycles. The molecular formula is C12H15N3O2. The number of hydrazine groups is 1. The third kappa shape index (κ3) is 2.30. The number of nitrogens with two attached hydrogens (primary N) is 1. The third-order valence-electron chi connectivity index (χ3n) is 2.54. The maximum absolute atomic E-state index is 5.44. The maximum Gasteiger partial charge on any atom is 0.146 e. The number of hydrogen-bond acceptors (Lipinski definition) is 5. The monoisotopic (exact) mass is 233 g/mol. The van der Waals surface area contributed by atoms with Gasteiger partial charge in [0.1, 0.15) is 11.6 Å². The van der Waals surface area contributed by atoms with E-state index in [-0.39, 0.29) is 0 Å². The topological polar surface area (TPSA) is 69.4 Å². The summed E-state index contributed by atoms with van der Waals surface area (Å²) in [5, 5.41) is 1.02. The Labute approximate surface area is 99.5 Å². The highest BCUT2D eigenvalue weighted by Gasteiger charge is 2.06. The molecular weight excluding hydrogens is 218 g/mol. The lowest BCUT2D eigenvalue weighted by Gasteiger charge is -2.09. The number of nitrogen functional groups attached to an aromatic ring is 1. The summed E-state index contributed by atoms with van der Waals surface area (Å²) in [5.41, 5.74) is 4.33. The SMILES string of the molecule is COCc1cc2ccc(OC)cc2nc1NN. The molecule has 0 unspecified atom stereocenters. The number of aromatic nitrogens is 1. The molecule has 3 N–H and O–H groups in total. The second-order valence-electron chi connectivity index (χ2n) is 3.63. The summed E-state index contributed by atoms with van der Waals surface area (Å²) in [5.74, 6) is 6.83. The predicted molar refractivity (Wildman–Crippen MR) is 66.8 cm³/mol. The van der Waals surface area contributed by atoms with Gasteiger partial charge in [-0.3, -0.25) is 0 Å². The van der Waals surface area contributed by atoms with Gasteiger partial charge >= 0.3 is 0 Å². The summed E-state index contributed by atoms with van der Waals surface area (Å²) in [6, 6.07) is 7.73. The number of benzene rings is 1. The lowest BCUT2D eigenvalue weighted by Crippen LogP contribution is -2.11. The molecule has 5 heteroatoms. The number of methoxy groups -OCH3 is 2. The zero-order chi connectivity index (χ0) is 12.3. The van der Waals surface area contributed by atoms with E-state index in [0.717, 1.165) is 22.2 Å². The predicted octanol–water partition coefficient (Wildman–Crippen LogP) is 1.68. The van der Waals surface area contributed by atoms with Crippen LogP contribution in [0.4, 0.5) is 5.82 Å². The van der Waals surface area contributed by atoms with Crippen LogP contribution in [0.1, 0.15) is 5.56 Å². The summed E-state index contributed by atoms with van der Waals surface area (Å²) in [6.07, 6.45) is 0. The van der Waals surface area contributed by atoms with Gasteiger partial charge in [0.15, 0.2) is 0 Å². The number of hydrogen-bond donors (Lipinski definition) is 2. The normalized spacial score (nSPS) is 10.5. The smallest absolute Gasteiger partial charge is 0.146 e. The molecule has 0 aliphatic heterocycles. The van der Waals surface area contributed by atoms with Gasteiger partial charge in [-0.05, 0) is 18.2 Å². The number of nitrogens with zero attached hydrogens (tertiary/aromatic N) is 1. The quantitative estimate of drug-likeness (QED) is 0.621. The van der Waals surface area contributed by atoms with Crippen molar-refractivity contribution in [3.05, 3.63) is 29.8 Å². The number of nitrogens with one attached hydrogen (secondary N) is 1. The van der Waals surface area contributed by atoms with E-state index in [2.05, 4.69) is 10.4 Å². The van der Waals surface area contributed by atoms with Crippen molar-refractivity contribution in [3.8, 4) is 5.75 Å². The van der Waals surface area contributed by atoms with E-state index in [4.69, 9.17) is 15.3 Å². The minimum Gasteiger partial charge on any atom is -0.497 e. The van der Waals surface area contributed by atoms with Crippen LogP contribution in [0.2, 0.25) is 0 Å². The minimum absolute atomic E-state index is 0.467. The molecule has 0 saturated carbocycles. The Morgan fingerprint density at radius 3 is 2.76 bits per heavy atom. The zero-order valence-corrected chi connectivity index (χ0v) is 9.86. The molecule has 90 valence electrons. The number of pyridine rings is 1. The molecule has 0 bridgehead atoms. The standard InChI is InChI=1S/C12H15N3O2/c1-16-7-9-5-8-3-4-10(17-2)6-11(8)14-12(9)15-13/h3-6H,7,13H2,1-2H3,(H,14,15). The number of anilines is 1. The van der Waals surface area contributed by atoms with Gasteiger partial charge in [-0.2, -0.15) is 0 Å². The Bertz CT molecular complexity index is 528. The first-order chi connectivity index (χ1) is 8.28. The highest BCUT2D eigenvalue weighted by atomic mass is 16.5. The molecule has 1 heterocycles. The van der Waals surface area contributed by atoms with E-state index in [1.165, 1.54) is 0 Å². The fraction of sp³-hybridized carbons (Fsp3) is 0.250. The van der Waals surface area contributed by atoms with Crippen molar-refractivity contribution in [2.45, 2.75) is 6.61 Å². The van der Waals surface area contributed by atoms with Crippen LogP contribution in [0.15, 0.2) is 24.3 Å². The Kier molecular flexibility index (Phi) is 3.41. The van der Waals surface area contributed by atoms with Gasteiger partial charge in [0.05, 0.1) is 19.2 Å². The van der Waals surface area contributed by atoms with Crippen molar-refractivity contribution in [2.75, 3.05) is 19.6 Å². The van der Waals surface area contributed by atoms with Crippen molar-refractivity contribution >= 4 is 16.7 Å². The number of ether oxygens (including phenoxy) is 2. The first-order valence-corrected chi connectivity index (χ1v) is 5.21. The van der Waals surface area contributed by atoms with Crippen LogP contribution < -0.4 is 16.0 Å². The van der Waals surface area contributed by atoms with E-state index in [1.54, 1.807) is 14.2 Å². The Hall–Kier alpha value is -1.85. The fourth-order valence-electron chi connectivity index (χ4n) is 1.71. The molecule has 0 amide bonds. The average molecular weight is 233 g/mol. The van der Waals surface area contributed by atoms with Crippen molar-refractivity contribution in [1.82, 2.24) is 4.98 Å². The first-order valence-electron chi connectivity index (χ1n) is 5.21. The largest absolute Gasteiger partial charge is 0.497 e. The molecule has 2 aromatic rings. The van der Waals surface area contributed by atoms with Crippen LogP contribution in [0.25, 0.3) is 10.9 Å². The van der Waals surface area contributed by atoms with E-state index in [9.17, 15) is 0 Å².